The van der Waals surface area contributed by atoms with Crippen LogP contribution in [-0.4, -0.2) is 21.2 Å². The van der Waals surface area contributed by atoms with E-state index < -0.39 is 6.10 Å². The van der Waals surface area contributed by atoms with Gasteiger partial charge in [0.15, 0.2) is 0 Å². The third-order valence-corrected chi connectivity index (χ3v) is 5.50. The molecule has 0 bridgehead atoms. The van der Waals surface area contributed by atoms with E-state index in [1.807, 2.05) is 12.5 Å². The predicted octanol–water partition coefficient (Wildman–Crippen LogP) is 2.80. The van der Waals surface area contributed by atoms with Gasteiger partial charge in [-0.05, 0) is 43.9 Å². The van der Waals surface area contributed by atoms with Gasteiger partial charge in [-0.3, -0.25) is 0 Å². The van der Waals surface area contributed by atoms with Crippen molar-refractivity contribution in [3.8, 4) is 0 Å². The third-order valence-electron chi connectivity index (χ3n) is 5.50. The topological polar surface area (TPSA) is 64.1 Å². The van der Waals surface area contributed by atoms with Gasteiger partial charge in [0, 0.05) is 18.0 Å². The van der Waals surface area contributed by atoms with Crippen LogP contribution in [0.2, 0.25) is 0 Å². The highest BCUT2D eigenvalue weighted by atomic mass is 16.3. The molecule has 1 heterocycles. The Hall–Kier alpha value is -0.870. The lowest BCUT2D eigenvalue weighted by Gasteiger charge is -2.45. The molecular formula is C16H27N3O. The highest BCUT2D eigenvalue weighted by molar-refractivity contribution is 5.12. The number of nitrogens with two attached hydrogens (primary N) is 1. The second-order valence-electron chi connectivity index (χ2n) is 7.59. The van der Waals surface area contributed by atoms with Crippen LogP contribution in [0.25, 0.3) is 0 Å². The highest BCUT2D eigenvalue weighted by Crippen LogP contribution is 2.51. The monoisotopic (exact) mass is 277 g/mol. The first-order valence-corrected chi connectivity index (χ1v) is 7.87. The number of aromatic nitrogens is 2. The molecule has 1 atom stereocenters. The van der Waals surface area contributed by atoms with E-state index in [4.69, 9.17) is 5.73 Å². The van der Waals surface area contributed by atoms with E-state index in [-0.39, 0.29) is 5.41 Å². The van der Waals surface area contributed by atoms with Crippen molar-refractivity contribution in [1.82, 2.24) is 9.55 Å². The number of imidazole rings is 1. The van der Waals surface area contributed by atoms with Crippen molar-refractivity contribution >= 4 is 0 Å². The zero-order valence-corrected chi connectivity index (χ0v) is 12.7. The van der Waals surface area contributed by atoms with Crippen molar-refractivity contribution in [3.63, 3.8) is 0 Å². The van der Waals surface area contributed by atoms with Crippen molar-refractivity contribution < 1.29 is 5.11 Å². The molecule has 1 aromatic rings. The van der Waals surface area contributed by atoms with Gasteiger partial charge in [-0.1, -0.05) is 13.8 Å². The molecule has 112 valence electrons. The molecule has 2 fully saturated rings. The number of aliphatic hydroxyl groups is 1. The van der Waals surface area contributed by atoms with Crippen LogP contribution >= 0.6 is 0 Å². The summed E-state index contributed by atoms with van der Waals surface area (Å²) in [4.78, 5) is 4.26. The summed E-state index contributed by atoms with van der Waals surface area (Å²) < 4.78 is 2.17. The van der Waals surface area contributed by atoms with Crippen molar-refractivity contribution in [3.05, 3.63) is 18.2 Å². The lowest BCUT2D eigenvalue weighted by molar-refractivity contribution is -0.0277. The first kappa shape index (κ1) is 14.1. The van der Waals surface area contributed by atoms with Gasteiger partial charge >= 0.3 is 0 Å². The summed E-state index contributed by atoms with van der Waals surface area (Å²) in [6, 6.07) is 0.553. The van der Waals surface area contributed by atoms with E-state index in [1.54, 1.807) is 0 Å². The Bertz CT molecular complexity index is 466. The molecule has 0 spiro atoms. The Morgan fingerprint density at radius 2 is 2.00 bits per heavy atom. The molecule has 3 N–H and O–H groups in total. The average Bonchev–Trinajstić information content (AvgIpc) is 3.16. The second kappa shape index (κ2) is 4.85. The van der Waals surface area contributed by atoms with Crippen molar-refractivity contribution in [1.29, 1.82) is 0 Å². The Kier molecular flexibility index (Phi) is 3.41. The lowest BCUT2D eigenvalue weighted by atomic mass is 9.62. The van der Waals surface area contributed by atoms with Crippen molar-refractivity contribution in [2.24, 2.45) is 16.6 Å². The van der Waals surface area contributed by atoms with Crippen LogP contribution in [0.4, 0.5) is 0 Å². The zero-order chi connectivity index (χ0) is 14.4. The van der Waals surface area contributed by atoms with Crippen molar-refractivity contribution in [2.45, 2.75) is 64.5 Å². The van der Waals surface area contributed by atoms with Crippen LogP contribution in [0, 0.1) is 10.8 Å². The maximum absolute atomic E-state index is 11.0. The Morgan fingerprint density at radius 3 is 2.55 bits per heavy atom. The minimum Gasteiger partial charge on any atom is -0.386 e. The Morgan fingerprint density at radius 1 is 1.35 bits per heavy atom. The van der Waals surface area contributed by atoms with Gasteiger partial charge in [0.25, 0.3) is 0 Å². The van der Waals surface area contributed by atoms with Gasteiger partial charge < -0.3 is 15.4 Å². The van der Waals surface area contributed by atoms with Crippen LogP contribution in [-0.2, 0) is 0 Å². The van der Waals surface area contributed by atoms with Crippen LogP contribution in [0.15, 0.2) is 12.5 Å². The molecular weight excluding hydrogens is 250 g/mol. The summed E-state index contributed by atoms with van der Waals surface area (Å²) in [6.07, 6.45) is 9.93. The molecule has 2 aliphatic carbocycles. The van der Waals surface area contributed by atoms with Crippen LogP contribution in [0.3, 0.4) is 0 Å². The second-order valence-corrected chi connectivity index (χ2v) is 7.59. The fraction of sp³-hybridized carbons (Fsp3) is 0.812. The summed E-state index contributed by atoms with van der Waals surface area (Å²) in [5.74, 6) is 0. The predicted molar refractivity (Wildman–Crippen MR) is 79.2 cm³/mol. The molecule has 1 unspecified atom stereocenters. The molecule has 0 radical (unpaired) electrons. The minimum absolute atomic E-state index is 0.164. The van der Waals surface area contributed by atoms with Gasteiger partial charge in [-0.25, -0.2) is 4.98 Å². The first-order valence-electron chi connectivity index (χ1n) is 7.87. The van der Waals surface area contributed by atoms with Crippen molar-refractivity contribution in [2.75, 3.05) is 6.54 Å². The summed E-state index contributed by atoms with van der Waals surface area (Å²) in [6.45, 7) is 5.18. The van der Waals surface area contributed by atoms with Crippen LogP contribution < -0.4 is 5.73 Å². The van der Waals surface area contributed by atoms with Gasteiger partial charge in [-0.15, -0.1) is 0 Å². The number of nitrogens with zero attached hydrogens (tertiary/aromatic N) is 2. The van der Waals surface area contributed by atoms with E-state index >= 15 is 0 Å². The van der Waals surface area contributed by atoms with E-state index in [2.05, 4.69) is 23.4 Å². The molecule has 2 aliphatic rings. The lowest BCUT2D eigenvalue weighted by Crippen LogP contribution is -2.42. The maximum Gasteiger partial charge on any atom is 0.102 e. The third kappa shape index (κ3) is 2.40. The molecule has 4 heteroatoms. The average molecular weight is 277 g/mol. The van der Waals surface area contributed by atoms with Crippen LogP contribution in [0.1, 0.15) is 70.2 Å². The van der Waals surface area contributed by atoms with E-state index in [9.17, 15) is 5.11 Å². The quantitative estimate of drug-likeness (QED) is 0.889. The molecule has 0 aromatic carbocycles. The number of aliphatic hydroxyl groups excluding tert-OH is 1. The van der Waals surface area contributed by atoms with E-state index in [0.717, 1.165) is 31.4 Å². The fourth-order valence-corrected chi connectivity index (χ4v) is 3.51. The summed E-state index contributed by atoms with van der Waals surface area (Å²) >= 11 is 0. The fourth-order valence-electron chi connectivity index (χ4n) is 3.51. The zero-order valence-electron chi connectivity index (χ0n) is 12.7. The van der Waals surface area contributed by atoms with E-state index in [0.29, 0.717) is 18.0 Å². The largest absolute Gasteiger partial charge is 0.386 e. The Balaban J connectivity index is 1.83. The summed E-state index contributed by atoms with van der Waals surface area (Å²) in [7, 11) is 0. The molecule has 1 aromatic heterocycles. The molecule has 2 saturated carbocycles. The molecule has 4 nitrogen and oxygen atoms in total. The molecule has 0 aliphatic heterocycles. The maximum atomic E-state index is 11.0. The minimum atomic E-state index is -0.480. The summed E-state index contributed by atoms with van der Waals surface area (Å²) in [5, 5.41) is 11.0. The normalized spacial score (nSPS) is 26.4. The molecule has 0 saturated heterocycles. The van der Waals surface area contributed by atoms with E-state index in [1.165, 1.54) is 12.8 Å². The first-order chi connectivity index (χ1) is 9.47. The smallest absolute Gasteiger partial charge is 0.102 e. The number of rotatable bonds is 4. The van der Waals surface area contributed by atoms with Crippen LogP contribution in [0.5, 0.6) is 0 Å². The number of hydrogen-bond acceptors (Lipinski definition) is 3. The van der Waals surface area contributed by atoms with Gasteiger partial charge in [0.2, 0.25) is 0 Å². The molecule has 20 heavy (non-hydrogen) atoms. The highest BCUT2D eigenvalue weighted by Gasteiger charge is 2.44. The SMILES string of the molecule is CC1(C)CCC(CN)(C(O)c2cncn2C2CC2)CC1. The van der Waals surface area contributed by atoms with Gasteiger partial charge in [-0.2, -0.15) is 0 Å². The van der Waals surface area contributed by atoms with Gasteiger partial charge in [0.05, 0.1) is 18.2 Å². The Labute approximate surface area is 121 Å². The molecule has 3 rings (SSSR count). The number of hydrogen-bond donors (Lipinski definition) is 2. The standard InChI is InChI=1S/C16H27N3O/c1-15(2)5-7-16(10-17,8-6-15)14(20)13-9-18-11-19(13)12-3-4-12/h9,11-12,14,20H,3-8,10,17H2,1-2H3. The van der Waals surface area contributed by atoms with Gasteiger partial charge in [0.1, 0.15) is 6.10 Å². The summed E-state index contributed by atoms with van der Waals surface area (Å²) in [5.41, 5.74) is 7.28. The molecule has 0 amide bonds.